The maximum absolute atomic E-state index is 3.82. The zero-order chi connectivity index (χ0) is 15.2. The lowest BCUT2D eigenvalue weighted by atomic mass is 9.67. The van der Waals surface area contributed by atoms with Crippen LogP contribution in [0.3, 0.4) is 0 Å². The second-order valence-electron chi connectivity index (χ2n) is 7.20. The third-order valence-electron chi connectivity index (χ3n) is 5.77. The van der Waals surface area contributed by atoms with Gasteiger partial charge in [-0.2, -0.15) is 0 Å². The molecule has 0 aromatic carbocycles. The second-order valence-corrected chi connectivity index (χ2v) is 7.20. The molecule has 0 radical (unpaired) electrons. The minimum atomic E-state index is 0.501. The Balaban J connectivity index is 2.77. The van der Waals surface area contributed by atoms with E-state index in [9.17, 15) is 0 Å². The van der Waals surface area contributed by atoms with E-state index in [-0.39, 0.29) is 0 Å². The molecule has 0 spiro atoms. The van der Waals surface area contributed by atoms with Crippen LogP contribution in [-0.2, 0) is 0 Å². The van der Waals surface area contributed by atoms with Gasteiger partial charge in [0.15, 0.2) is 0 Å². The molecule has 1 N–H and O–H groups in total. The maximum Gasteiger partial charge on any atom is 0.0251 e. The highest BCUT2D eigenvalue weighted by Gasteiger charge is 2.38. The van der Waals surface area contributed by atoms with Gasteiger partial charge in [0.2, 0.25) is 0 Å². The van der Waals surface area contributed by atoms with E-state index in [0.717, 1.165) is 12.0 Å². The van der Waals surface area contributed by atoms with Crippen LogP contribution in [0.25, 0.3) is 0 Å². The number of hydrogen-bond acceptors (Lipinski definition) is 2. The molecule has 20 heavy (non-hydrogen) atoms. The number of nitrogens with one attached hydrogen (secondary N) is 1. The maximum atomic E-state index is 3.82. The average Bonchev–Trinajstić information content (AvgIpc) is 2.47. The van der Waals surface area contributed by atoms with Crippen LogP contribution < -0.4 is 5.32 Å². The standard InChI is InChI=1S/C18H38N2/c1-7-13-19-16-12-11-15(18(5,6)8-2)14-17(16)20(9-3)10-4/h15-17,19H,7-14H2,1-6H3. The Morgan fingerprint density at radius 3 is 2.20 bits per heavy atom. The highest BCUT2D eigenvalue weighted by molar-refractivity contribution is 4.94. The summed E-state index contributed by atoms with van der Waals surface area (Å²) in [5.74, 6) is 0.887. The highest BCUT2D eigenvalue weighted by Crippen LogP contribution is 2.41. The van der Waals surface area contributed by atoms with Crippen LogP contribution in [-0.4, -0.2) is 36.6 Å². The SMILES string of the molecule is CCCNC1CCC(C(C)(C)CC)CC1N(CC)CC. The molecule has 120 valence electrons. The van der Waals surface area contributed by atoms with Crippen LogP contribution in [0.2, 0.25) is 0 Å². The number of nitrogens with zero attached hydrogens (tertiary/aromatic N) is 1. The summed E-state index contributed by atoms with van der Waals surface area (Å²) in [6.45, 7) is 17.7. The van der Waals surface area contributed by atoms with Crippen molar-refractivity contribution in [2.75, 3.05) is 19.6 Å². The summed E-state index contributed by atoms with van der Waals surface area (Å²) < 4.78 is 0. The fraction of sp³-hybridized carbons (Fsp3) is 1.00. The van der Waals surface area contributed by atoms with Crippen molar-refractivity contribution in [1.29, 1.82) is 0 Å². The summed E-state index contributed by atoms with van der Waals surface area (Å²) in [5.41, 5.74) is 0.501. The van der Waals surface area contributed by atoms with Crippen molar-refractivity contribution in [3.05, 3.63) is 0 Å². The quantitative estimate of drug-likeness (QED) is 0.714. The fourth-order valence-electron chi connectivity index (χ4n) is 3.81. The lowest BCUT2D eigenvalue weighted by Crippen LogP contribution is -2.54. The number of rotatable bonds is 8. The van der Waals surface area contributed by atoms with Crippen molar-refractivity contribution in [2.45, 2.75) is 85.7 Å². The summed E-state index contributed by atoms with van der Waals surface area (Å²) in [6, 6.07) is 1.44. The van der Waals surface area contributed by atoms with Crippen molar-refractivity contribution in [1.82, 2.24) is 10.2 Å². The predicted molar refractivity (Wildman–Crippen MR) is 90.2 cm³/mol. The first kappa shape index (κ1) is 18.0. The first-order valence-electron chi connectivity index (χ1n) is 8.97. The molecule has 0 amide bonds. The normalized spacial score (nSPS) is 28.1. The summed E-state index contributed by atoms with van der Waals surface area (Å²) in [7, 11) is 0. The van der Waals surface area contributed by atoms with E-state index in [4.69, 9.17) is 0 Å². The van der Waals surface area contributed by atoms with Gasteiger partial charge < -0.3 is 5.32 Å². The highest BCUT2D eigenvalue weighted by atomic mass is 15.2. The minimum absolute atomic E-state index is 0.501. The largest absolute Gasteiger partial charge is 0.312 e. The van der Waals surface area contributed by atoms with E-state index in [1.165, 1.54) is 51.7 Å². The molecule has 0 bridgehead atoms. The molecular formula is C18H38N2. The van der Waals surface area contributed by atoms with Gasteiger partial charge >= 0.3 is 0 Å². The second kappa shape index (κ2) is 8.38. The lowest BCUT2D eigenvalue weighted by molar-refractivity contribution is 0.0548. The molecule has 1 aliphatic rings. The molecule has 0 aromatic heterocycles. The first-order chi connectivity index (χ1) is 9.50. The smallest absolute Gasteiger partial charge is 0.0251 e. The molecule has 3 unspecified atom stereocenters. The van der Waals surface area contributed by atoms with Gasteiger partial charge in [-0.3, -0.25) is 4.90 Å². The Labute approximate surface area is 127 Å². The monoisotopic (exact) mass is 282 g/mol. The summed E-state index contributed by atoms with van der Waals surface area (Å²) in [6.07, 6.45) is 6.68. The third-order valence-corrected chi connectivity index (χ3v) is 5.77. The molecule has 0 heterocycles. The number of hydrogen-bond donors (Lipinski definition) is 1. The summed E-state index contributed by atoms with van der Waals surface area (Å²) in [5, 5.41) is 3.82. The van der Waals surface area contributed by atoms with E-state index in [2.05, 4.69) is 51.8 Å². The molecular weight excluding hydrogens is 244 g/mol. The topological polar surface area (TPSA) is 15.3 Å². The van der Waals surface area contributed by atoms with Crippen molar-refractivity contribution in [3.63, 3.8) is 0 Å². The molecule has 1 aliphatic carbocycles. The van der Waals surface area contributed by atoms with Crippen LogP contribution in [0.15, 0.2) is 0 Å². The van der Waals surface area contributed by atoms with Crippen LogP contribution in [0.1, 0.15) is 73.6 Å². The van der Waals surface area contributed by atoms with Crippen molar-refractivity contribution in [3.8, 4) is 0 Å². The molecule has 1 saturated carbocycles. The van der Waals surface area contributed by atoms with Crippen molar-refractivity contribution >= 4 is 0 Å². The van der Waals surface area contributed by atoms with Gasteiger partial charge in [0.25, 0.3) is 0 Å². The average molecular weight is 283 g/mol. The van der Waals surface area contributed by atoms with Gasteiger partial charge in [-0.25, -0.2) is 0 Å². The molecule has 0 aromatic rings. The molecule has 0 aliphatic heterocycles. The molecule has 3 atom stereocenters. The zero-order valence-electron chi connectivity index (χ0n) is 14.8. The van der Waals surface area contributed by atoms with Crippen LogP contribution in [0, 0.1) is 11.3 Å². The van der Waals surface area contributed by atoms with Crippen molar-refractivity contribution in [2.24, 2.45) is 11.3 Å². The third kappa shape index (κ3) is 4.46. The van der Waals surface area contributed by atoms with E-state index < -0.39 is 0 Å². The molecule has 2 heteroatoms. The molecule has 2 nitrogen and oxygen atoms in total. The lowest BCUT2D eigenvalue weighted by Gasteiger charge is -2.47. The van der Waals surface area contributed by atoms with E-state index >= 15 is 0 Å². The first-order valence-corrected chi connectivity index (χ1v) is 8.97. The Morgan fingerprint density at radius 2 is 1.70 bits per heavy atom. The van der Waals surface area contributed by atoms with Gasteiger partial charge in [-0.15, -0.1) is 0 Å². The van der Waals surface area contributed by atoms with E-state index in [0.29, 0.717) is 11.5 Å². The Kier molecular flexibility index (Phi) is 7.53. The van der Waals surface area contributed by atoms with Crippen LogP contribution in [0.4, 0.5) is 0 Å². The van der Waals surface area contributed by atoms with Gasteiger partial charge in [-0.05, 0) is 56.7 Å². The minimum Gasteiger partial charge on any atom is -0.312 e. The fourth-order valence-corrected chi connectivity index (χ4v) is 3.81. The van der Waals surface area contributed by atoms with Gasteiger partial charge in [0.05, 0.1) is 0 Å². The molecule has 0 saturated heterocycles. The molecule has 1 fully saturated rings. The van der Waals surface area contributed by atoms with Crippen LogP contribution >= 0.6 is 0 Å². The predicted octanol–water partition coefficient (Wildman–Crippen LogP) is 4.30. The van der Waals surface area contributed by atoms with Gasteiger partial charge in [0.1, 0.15) is 0 Å². The van der Waals surface area contributed by atoms with Crippen molar-refractivity contribution < 1.29 is 0 Å². The Hall–Kier alpha value is -0.0800. The number of likely N-dealkylation sites (N-methyl/N-ethyl adjacent to an activating group) is 1. The van der Waals surface area contributed by atoms with Gasteiger partial charge in [-0.1, -0.05) is 48.0 Å². The Morgan fingerprint density at radius 1 is 1.05 bits per heavy atom. The van der Waals surface area contributed by atoms with E-state index in [1.807, 2.05) is 0 Å². The van der Waals surface area contributed by atoms with E-state index in [1.54, 1.807) is 0 Å². The Bertz CT molecular complexity index is 258. The van der Waals surface area contributed by atoms with Crippen LogP contribution in [0.5, 0.6) is 0 Å². The molecule has 1 rings (SSSR count). The van der Waals surface area contributed by atoms with Gasteiger partial charge in [0, 0.05) is 12.1 Å². The zero-order valence-corrected chi connectivity index (χ0v) is 14.8. The summed E-state index contributed by atoms with van der Waals surface area (Å²) >= 11 is 0. The summed E-state index contributed by atoms with van der Waals surface area (Å²) in [4.78, 5) is 2.69.